The van der Waals surface area contributed by atoms with Crippen molar-refractivity contribution in [1.82, 2.24) is 4.90 Å². The van der Waals surface area contributed by atoms with Crippen molar-refractivity contribution in [2.24, 2.45) is 0 Å². The van der Waals surface area contributed by atoms with Crippen molar-refractivity contribution in [2.45, 2.75) is 13.3 Å². The van der Waals surface area contributed by atoms with Crippen molar-refractivity contribution in [1.29, 1.82) is 0 Å². The van der Waals surface area contributed by atoms with Crippen LogP contribution in [-0.4, -0.2) is 43.5 Å². The van der Waals surface area contributed by atoms with Crippen LogP contribution in [0.15, 0.2) is 66.7 Å². The molecule has 0 spiro atoms. The maximum Gasteiger partial charge on any atom is 0.225 e. The van der Waals surface area contributed by atoms with E-state index < -0.39 is 0 Å². The van der Waals surface area contributed by atoms with E-state index in [1.54, 1.807) is 0 Å². The lowest BCUT2D eigenvalue weighted by molar-refractivity contribution is -0.116. The minimum atomic E-state index is 0.0810. The summed E-state index contributed by atoms with van der Waals surface area (Å²) in [5.74, 6) is 0.0810. The van der Waals surface area contributed by atoms with Crippen LogP contribution in [0.2, 0.25) is 0 Å². The molecule has 4 rings (SSSR count). The molecule has 28 heavy (non-hydrogen) atoms. The van der Waals surface area contributed by atoms with E-state index in [-0.39, 0.29) is 5.91 Å². The van der Waals surface area contributed by atoms with Crippen LogP contribution in [0, 0.1) is 6.92 Å². The lowest BCUT2D eigenvalue weighted by Crippen LogP contribution is -2.47. The third-order valence-electron chi connectivity index (χ3n) is 5.46. The molecule has 1 saturated heterocycles. The van der Waals surface area contributed by atoms with Crippen LogP contribution in [0.4, 0.5) is 11.4 Å². The molecular weight excluding hydrogens is 346 g/mol. The summed E-state index contributed by atoms with van der Waals surface area (Å²) in [4.78, 5) is 17.3. The first-order valence-electron chi connectivity index (χ1n) is 10.0. The number of hydrogen-bond acceptors (Lipinski definition) is 3. The minimum absolute atomic E-state index is 0.0810. The zero-order chi connectivity index (χ0) is 19.3. The molecule has 0 aliphatic carbocycles. The van der Waals surface area contributed by atoms with Gasteiger partial charge in [-0.15, -0.1) is 0 Å². The van der Waals surface area contributed by atoms with Gasteiger partial charge in [0.1, 0.15) is 0 Å². The summed E-state index contributed by atoms with van der Waals surface area (Å²) in [5.41, 5.74) is 3.49. The Morgan fingerprint density at radius 1 is 0.929 bits per heavy atom. The van der Waals surface area contributed by atoms with E-state index in [1.807, 2.05) is 24.3 Å². The predicted molar refractivity (Wildman–Crippen MR) is 117 cm³/mol. The van der Waals surface area contributed by atoms with Crippen LogP contribution in [0.25, 0.3) is 10.8 Å². The molecule has 4 nitrogen and oxygen atoms in total. The van der Waals surface area contributed by atoms with Crippen molar-refractivity contribution in [2.75, 3.05) is 42.9 Å². The third-order valence-corrected chi connectivity index (χ3v) is 5.46. The number of carbonyl (C=O) groups is 1. The second-order valence-electron chi connectivity index (χ2n) is 7.49. The average molecular weight is 374 g/mol. The molecule has 0 saturated carbocycles. The van der Waals surface area contributed by atoms with Gasteiger partial charge in [0.05, 0.1) is 0 Å². The van der Waals surface area contributed by atoms with Gasteiger partial charge in [-0.1, -0.05) is 48.5 Å². The summed E-state index contributed by atoms with van der Waals surface area (Å²) >= 11 is 0. The quantitative estimate of drug-likeness (QED) is 0.724. The number of hydrogen-bond donors (Lipinski definition) is 1. The van der Waals surface area contributed by atoms with Crippen molar-refractivity contribution >= 4 is 28.1 Å². The molecule has 1 fully saturated rings. The first-order valence-corrected chi connectivity index (χ1v) is 10.0. The molecule has 1 aliphatic heterocycles. The highest BCUT2D eigenvalue weighted by Crippen LogP contribution is 2.23. The molecule has 0 atom stereocenters. The van der Waals surface area contributed by atoms with Crippen molar-refractivity contribution in [3.8, 4) is 0 Å². The summed E-state index contributed by atoms with van der Waals surface area (Å²) in [7, 11) is 0. The number of carbonyl (C=O) groups excluding carboxylic acids is 1. The van der Waals surface area contributed by atoms with E-state index in [4.69, 9.17) is 0 Å². The van der Waals surface area contributed by atoms with E-state index >= 15 is 0 Å². The van der Waals surface area contributed by atoms with Gasteiger partial charge in [0.2, 0.25) is 5.91 Å². The fourth-order valence-electron chi connectivity index (χ4n) is 3.86. The Labute approximate surface area is 166 Å². The van der Waals surface area contributed by atoms with Gasteiger partial charge >= 0.3 is 0 Å². The zero-order valence-electron chi connectivity index (χ0n) is 16.4. The van der Waals surface area contributed by atoms with Gasteiger partial charge < -0.3 is 10.2 Å². The molecule has 4 heteroatoms. The maximum absolute atomic E-state index is 12.5. The predicted octanol–water partition coefficient (Wildman–Crippen LogP) is 4.30. The minimum Gasteiger partial charge on any atom is -0.369 e. The first kappa shape index (κ1) is 18.5. The fraction of sp³-hybridized carbons (Fsp3) is 0.292. The van der Waals surface area contributed by atoms with E-state index in [0.29, 0.717) is 6.42 Å². The summed E-state index contributed by atoms with van der Waals surface area (Å²) in [6, 6.07) is 22.8. The number of nitrogens with zero attached hydrogens (tertiary/aromatic N) is 2. The molecular formula is C24H27N3O. The highest BCUT2D eigenvalue weighted by atomic mass is 16.1. The number of benzene rings is 3. The third kappa shape index (κ3) is 4.34. The second-order valence-corrected chi connectivity index (χ2v) is 7.49. The highest BCUT2D eigenvalue weighted by molar-refractivity contribution is 6.02. The van der Waals surface area contributed by atoms with Crippen LogP contribution >= 0.6 is 0 Å². The normalized spacial score (nSPS) is 15.0. The Morgan fingerprint density at radius 2 is 1.68 bits per heavy atom. The second kappa shape index (κ2) is 8.44. The number of amides is 1. The summed E-state index contributed by atoms with van der Waals surface area (Å²) in [6.07, 6.45) is 0.521. The Balaban J connectivity index is 1.28. The van der Waals surface area contributed by atoms with E-state index in [9.17, 15) is 4.79 Å². The first-order chi connectivity index (χ1) is 13.7. The van der Waals surface area contributed by atoms with Crippen LogP contribution in [0.5, 0.6) is 0 Å². The van der Waals surface area contributed by atoms with Crippen molar-refractivity contribution in [3.05, 3.63) is 72.3 Å². The monoisotopic (exact) mass is 373 g/mol. The van der Waals surface area contributed by atoms with E-state index in [2.05, 4.69) is 64.5 Å². The Kier molecular flexibility index (Phi) is 5.58. The van der Waals surface area contributed by atoms with Crippen LogP contribution in [-0.2, 0) is 4.79 Å². The molecule has 1 aliphatic rings. The molecule has 3 aromatic carbocycles. The number of aryl methyl sites for hydroxylation is 1. The van der Waals surface area contributed by atoms with Gasteiger partial charge in [0.25, 0.3) is 0 Å². The Morgan fingerprint density at radius 3 is 2.50 bits per heavy atom. The van der Waals surface area contributed by atoms with E-state index in [1.165, 1.54) is 11.3 Å². The molecule has 0 aromatic heterocycles. The average Bonchev–Trinajstić information content (AvgIpc) is 2.73. The zero-order valence-corrected chi connectivity index (χ0v) is 16.4. The molecule has 1 N–H and O–H groups in total. The molecule has 0 unspecified atom stereocenters. The van der Waals surface area contributed by atoms with Gasteiger partial charge in [-0.05, 0) is 36.1 Å². The van der Waals surface area contributed by atoms with Crippen molar-refractivity contribution in [3.63, 3.8) is 0 Å². The summed E-state index contributed by atoms with van der Waals surface area (Å²) in [6.45, 7) is 6.94. The summed E-state index contributed by atoms with van der Waals surface area (Å²) < 4.78 is 0. The summed E-state index contributed by atoms with van der Waals surface area (Å²) in [5, 5.41) is 5.32. The number of rotatable bonds is 5. The standard InChI is InChI=1S/C24H27N3O/c1-19-6-4-9-21(18-19)27-16-14-26(15-17-27)13-12-24(28)25-23-11-5-8-20-7-2-3-10-22(20)23/h2-11,18H,12-17H2,1H3,(H,25,28). The van der Waals surface area contributed by atoms with Crippen LogP contribution in [0.3, 0.4) is 0 Å². The number of anilines is 2. The number of nitrogens with one attached hydrogen (secondary N) is 1. The van der Waals surface area contributed by atoms with Crippen molar-refractivity contribution < 1.29 is 4.79 Å². The Hall–Kier alpha value is -2.85. The van der Waals surface area contributed by atoms with Crippen LogP contribution < -0.4 is 10.2 Å². The van der Waals surface area contributed by atoms with Gasteiger partial charge in [0, 0.05) is 55.9 Å². The molecule has 0 bridgehead atoms. The van der Waals surface area contributed by atoms with Gasteiger partial charge in [-0.2, -0.15) is 0 Å². The lowest BCUT2D eigenvalue weighted by Gasteiger charge is -2.36. The molecule has 3 aromatic rings. The molecule has 1 amide bonds. The van der Waals surface area contributed by atoms with E-state index in [0.717, 1.165) is 49.2 Å². The molecule has 144 valence electrons. The lowest BCUT2D eigenvalue weighted by atomic mass is 10.1. The topological polar surface area (TPSA) is 35.6 Å². The SMILES string of the molecule is Cc1cccc(N2CCN(CCC(=O)Nc3cccc4ccccc34)CC2)c1. The molecule has 1 heterocycles. The van der Waals surface area contributed by atoms with Gasteiger partial charge in [-0.3, -0.25) is 9.69 Å². The largest absolute Gasteiger partial charge is 0.369 e. The smallest absolute Gasteiger partial charge is 0.225 e. The van der Waals surface area contributed by atoms with Crippen LogP contribution in [0.1, 0.15) is 12.0 Å². The number of piperazine rings is 1. The highest BCUT2D eigenvalue weighted by Gasteiger charge is 2.18. The number of fused-ring (bicyclic) bond motifs is 1. The maximum atomic E-state index is 12.5. The molecule has 0 radical (unpaired) electrons. The van der Waals surface area contributed by atoms with Gasteiger partial charge in [0.15, 0.2) is 0 Å². The Bertz CT molecular complexity index is 955. The fourth-order valence-corrected chi connectivity index (χ4v) is 3.86. The van der Waals surface area contributed by atoms with Gasteiger partial charge in [-0.25, -0.2) is 0 Å².